The minimum atomic E-state index is -2.95. The number of carboxylic acid groups (broad SMARTS) is 1. The van der Waals surface area contributed by atoms with Crippen molar-refractivity contribution in [2.24, 2.45) is 51.2 Å². The van der Waals surface area contributed by atoms with Crippen molar-refractivity contribution in [2.75, 3.05) is 44.3 Å². The van der Waals surface area contributed by atoms with Crippen LogP contribution in [0.15, 0.2) is 30.3 Å². The van der Waals surface area contributed by atoms with Gasteiger partial charge in [-0.3, -0.25) is 13.5 Å². The number of allylic oxidation sites excluding steroid dienone is 2. The van der Waals surface area contributed by atoms with Crippen molar-refractivity contribution in [1.82, 2.24) is 10.2 Å². The van der Waals surface area contributed by atoms with Crippen molar-refractivity contribution in [3.05, 3.63) is 41.5 Å². The number of nitrogens with zero attached hydrogens (tertiary/aromatic N) is 1. The summed E-state index contributed by atoms with van der Waals surface area (Å²) in [6, 6.07) is 7.38. The second kappa shape index (κ2) is 13.9. The van der Waals surface area contributed by atoms with Crippen LogP contribution in [0.2, 0.25) is 0 Å². The van der Waals surface area contributed by atoms with E-state index >= 15 is 0 Å². The summed E-state index contributed by atoms with van der Waals surface area (Å²) in [5.74, 6) is 0.580. The molecular formula is C41H60N2O8S2. The van der Waals surface area contributed by atoms with Crippen LogP contribution in [0.5, 0.6) is 0 Å². The molecule has 7 rings (SSSR count). The predicted octanol–water partition coefficient (Wildman–Crippen LogP) is 6.25. The molecule has 3 N–H and O–H groups in total. The third-order valence-electron chi connectivity index (χ3n) is 16.5. The molecule has 5 aliphatic carbocycles. The fourth-order valence-electron chi connectivity index (χ4n) is 13.8. The lowest BCUT2D eigenvalue weighted by Crippen LogP contribution is -2.68. The van der Waals surface area contributed by atoms with Gasteiger partial charge in [-0.25, -0.2) is 13.2 Å². The average molecular weight is 773 g/mol. The van der Waals surface area contributed by atoms with Crippen molar-refractivity contribution in [3.8, 4) is 0 Å². The van der Waals surface area contributed by atoms with E-state index in [-0.39, 0.29) is 62.9 Å². The minimum absolute atomic E-state index is 0.00525. The number of fused-ring (bicyclic) bond motifs is 7. The minimum Gasteiger partial charge on any atom is -0.478 e. The SMILES string of the molecule is CC1(C)C(c2ccc(C(=O)O)cc2)=CC[C@]2(C)[C@H]3CC[C@@H]4[C@H]5[C@H](C(=O)COS(=O)O)CC[C@]5(NCCN5CCS(=O)(=O)CC5)CC[C@@]4(C)[C@]3(C)CC[C@@H]12. The Morgan fingerprint density at radius 1 is 0.925 bits per heavy atom. The highest BCUT2D eigenvalue weighted by Crippen LogP contribution is 2.76. The number of nitrogens with one attached hydrogen (secondary N) is 1. The van der Waals surface area contributed by atoms with Crippen LogP contribution in [-0.4, -0.2) is 88.8 Å². The first-order chi connectivity index (χ1) is 24.9. The molecule has 0 bridgehead atoms. The van der Waals surface area contributed by atoms with Gasteiger partial charge in [0.15, 0.2) is 15.6 Å². The number of rotatable bonds is 10. The summed E-state index contributed by atoms with van der Waals surface area (Å²) in [6.07, 6.45) is 11.5. The van der Waals surface area contributed by atoms with Gasteiger partial charge in [0.05, 0.1) is 17.1 Å². The summed E-state index contributed by atoms with van der Waals surface area (Å²) in [5.41, 5.74) is 2.60. The van der Waals surface area contributed by atoms with Crippen LogP contribution in [0.25, 0.3) is 5.57 Å². The van der Waals surface area contributed by atoms with Crippen molar-refractivity contribution in [3.63, 3.8) is 0 Å². The first kappa shape index (κ1) is 39.3. The lowest BCUT2D eigenvalue weighted by atomic mass is 9.33. The Morgan fingerprint density at radius 2 is 1.62 bits per heavy atom. The molecule has 1 heterocycles. The number of benzene rings is 1. The third kappa shape index (κ3) is 6.52. The van der Waals surface area contributed by atoms with Crippen LogP contribution in [0.1, 0.15) is 108 Å². The summed E-state index contributed by atoms with van der Waals surface area (Å²) < 4.78 is 49.9. The van der Waals surface area contributed by atoms with E-state index in [1.54, 1.807) is 12.1 Å². The normalized spacial score (nSPS) is 40.9. The summed E-state index contributed by atoms with van der Waals surface area (Å²) in [6.45, 7) is 14.7. The quantitative estimate of drug-likeness (QED) is 0.233. The van der Waals surface area contributed by atoms with Crippen molar-refractivity contribution in [2.45, 2.75) is 97.9 Å². The zero-order valence-corrected chi connectivity index (χ0v) is 33.8. The first-order valence-corrected chi connectivity index (χ1v) is 22.7. The fourth-order valence-corrected chi connectivity index (χ4v) is 15.3. The molecule has 0 amide bonds. The lowest BCUT2D eigenvalue weighted by Gasteiger charge is -2.72. The third-order valence-corrected chi connectivity index (χ3v) is 18.4. The zero-order valence-electron chi connectivity index (χ0n) is 32.2. The van der Waals surface area contributed by atoms with Crippen LogP contribution in [-0.2, 0) is 30.2 Å². The van der Waals surface area contributed by atoms with E-state index in [0.29, 0.717) is 36.4 Å². The summed E-state index contributed by atoms with van der Waals surface area (Å²) in [7, 11) is -2.95. The molecule has 5 fully saturated rings. The average Bonchev–Trinajstić information content (AvgIpc) is 3.48. The van der Waals surface area contributed by atoms with Crippen molar-refractivity contribution in [1.29, 1.82) is 0 Å². The van der Waals surface area contributed by atoms with Gasteiger partial charge in [-0.15, -0.1) is 0 Å². The van der Waals surface area contributed by atoms with E-state index in [0.717, 1.165) is 76.4 Å². The first-order valence-electron chi connectivity index (χ1n) is 19.9. The van der Waals surface area contributed by atoms with Gasteiger partial charge in [0.25, 0.3) is 0 Å². The Kier molecular flexibility index (Phi) is 10.3. The van der Waals surface area contributed by atoms with Gasteiger partial charge in [0.2, 0.25) is 0 Å². The molecule has 12 heteroatoms. The lowest BCUT2D eigenvalue weighted by molar-refractivity contribution is -0.220. The van der Waals surface area contributed by atoms with E-state index < -0.39 is 27.2 Å². The number of sulfone groups is 1. The number of Topliss-reactive ketones (excluding diaryl/α,β-unsaturated/α-hetero) is 1. The molecule has 0 spiro atoms. The topological polar surface area (TPSA) is 150 Å². The smallest absolute Gasteiger partial charge is 0.335 e. The molecule has 0 aromatic heterocycles. The monoisotopic (exact) mass is 772 g/mol. The number of hydrogen-bond donors (Lipinski definition) is 3. The molecule has 6 aliphatic rings. The number of carbonyl (C=O) groups is 2. The second-order valence-electron chi connectivity index (χ2n) is 18.8. The Balaban J connectivity index is 1.16. The highest BCUT2D eigenvalue weighted by molar-refractivity contribution is 7.91. The van der Waals surface area contributed by atoms with Gasteiger partial charge in [0.1, 0.15) is 6.61 Å². The van der Waals surface area contributed by atoms with Crippen LogP contribution < -0.4 is 5.32 Å². The molecule has 4 saturated carbocycles. The van der Waals surface area contributed by atoms with E-state index in [1.165, 1.54) is 5.57 Å². The fraction of sp³-hybridized carbons (Fsp3) is 0.756. The van der Waals surface area contributed by atoms with Crippen molar-refractivity contribution < 1.29 is 36.1 Å². The number of carbonyl (C=O) groups excluding carboxylic acids is 1. The van der Waals surface area contributed by atoms with E-state index in [1.807, 2.05) is 12.1 Å². The molecule has 1 aliphatic heterocycles. The van der Waals surface area contributed by atoms with Crippen molar-refractivity contribution >= 4 is 38.5 Å². The van der Waals surface area contributed by atoms with Gasteiger partial charge >= 0.3 is 17.3 Å². The number of carboxylic acids is 1. The largest absolute Gasteiger partial charge is 0.478 e. The summed E-state index contributed by atoms with van der Waals surface area (Å²) in [4.78, 5) is 27.7. The van der Waals surface area contributed by atoms with Gasteiger partial charge in [-0.1, -0.05) is 52.8 Å². The molecule has 0 radical (unpaired) electrons. The number of ketones is 1. The standard InChI is InChI=1S/C41H60N2O8S2/c1-37(2)30(27-6-8-28(9-7-27)36(45)46)13-15-38(3)33(37)14-16-40(5)34(38)11-10-31-35-29(32(44)26-51-52(47)48)12-17-41(35,19-18-39(31,40)4)42-20-21-43-22-24-53(49,50)25-23-43/h6-9,13,29,31,33-35,42H,10-12,14-26H2,1-5H3,(H,45,46)(H,47,48)/t29-,31+,33-,34+,35+,38-,39+,40+,41-/m0/s1. The summed E-state index contributed by atoms with van der Waals surface area (Å²) >= 11 is -2.49. The maximum Gasteiger partial charge on any atom is 0.335 e. The van der Waals surface area contributed by atoms with E-state index in [9.17, 15) is 31.9 Å². The number of aromatic carboxylic acids is 1. The molecule has 294 valence electrons. The van der Waals surface area contributed by atoms with E-state index in [2.05, 4.69) is 50.9 Å². The number of hydrogen-bond acceptors (Lipinski definition) is 8. The highest BCUT2D eigenvalue weighted by Gasteiger charge is 2.70. The second-order valence-corrected chi connectivity index (χ2v) is 21.8. The molecule has 1 aromatic rings. The summed E-state index contributed by atoms with van der Waals surface area (Å²) in [5, 5.41) is 13.5. The molecule has 10 atom stereocenters. The van der Waals surface area contributed by atoms with E-state index in [4.69, 9.17) is 4.18 Å². The highest BCUT2D eigenvalue weighted by atomic mass is 32.2. The van der Waals surface area contributed by atoms with Gasteiger partial charge in [-0.2, -0.15) is 4.21 Å². The van der Waals surface area contributed by atoms with Crippen LogP contribution in [0.4, 0.5) is 0 Å². The molecule has 1 aromatic carbocycles. The van der Waals surface area contributed by atoms with Crippen LogP contribution >= 0.6 is 0 Å². The van der Waals surface area contributed by atoms with Gasteiger partial charge in [-0.05, 0) is 126 Å². The van der Waals surface area contributed by atoms with Gasteiger partial charge < -0.3 is 15.3 Å². The molecular weight excluding hydrogens is 713 g/mol. The maximum atomic E-state index is 13.9. The molecule has 53 heavy (non-hydrogen) atoms. The van der Waals surface area contributed by atoms with Crippen LogP contribution in [0, 0.1) is 51.2 Å². The Hall–Kier alpha value is -1.96. The van der Waals surface area contributed by atoms with Crippen LogP contribution in [0.3, 0.4) is 0 Å². The molecule has 1 unspecified atom stereocenters. The Morgan fingerprint density at radius 3 is 2.28 bits per heavy atom. The Labute approximate surface area is 318 Å². The molecule has 1 saturated heterocycles. The zero-order chi connectivity index (χ0) is 38.2. The Bertz CT molecular complexity index is 1770. The maximum absolute atomic E-state index is 13.9. The predicted molar refractivity (Wildman–Crippen MR) is 206 cm³/mol. The van der Waals surface area contributed by atoms with Gasteiger partial charge in [0, 0.05) is 37.6 Å². The molecule has 10 nitrogen and oxygen atoms in total.